The van der Waals surface area contributed by atoms with Gasteiger partial charge in [-0.15, -0.1) is 0 Å². The summed E-state index contributed by atoms with van der Waals surface area (Å²) in [5.74, 6) is 0.0810. The number of rotatable bonds is 10. The second kappa shape index (κ2) is 13.0. The lowest BCUT2D eigenvalue weighted by atomic mass is 10.1. The molecule has 0 radical (unpaired) electrons. The molecule has 12 heteroatoms. The van der Waals surface area contributed by atoms with Crippen LogP contribution in [-0.4, -0.2) is 16.8 Å². The standard InChI is InChI=1S/C34H26N4O6S2/c1-23-11-15-27(16-12-23)45(39,40)37-29-7-3-5-9-31(29)43-33-19-25(21-35)26(22-36)20-34(33)44-32-10-6-4-8-30(32)38-46(41,42)28-17-13-24(2)14-18-28/h3-20,37-38H,1-2H3. The van der Waals surface area contributed by atoms with Crippen molar-refractivity contribution in [1.82, 2.24) is 0 Å². The zero-order valence-electron chi connectivity index (χ0n) is 24.6. The van der Waals surface area contributed by atoms with Crippen LogP contribution >= 0.6 is 0 Å². The number of sulfonamides is 2. The molecular formula is C34H26N4O6S2. The normalized spacial score (nSPS) is 11.1. The fourth-order valence-corrected chi connectivity index (χ4v) is 6.40. The van der Waals surface area contributed by atoms with E-state index in [1.807, 2.05) is 26.0 Å². The van der Waals surface area contributed by atoms with Crippen LogP contribution in [0.15, 0.2) is 119 Å². The molecule has 0 spiro atoms. The average Bonchev–Trinajstić information content (AvgIpc) is 3.03. The molecule has 0 amide bonds. The number of para-hydroxylation sites is 4. The van der Waals surface area contributed by atoms with Gasteiger partial charge in [-0.05, 0) is 62.4 Å². The second-order valence-electron chi connectivity index (χ2n) is 10.1. The highest BCUT2D eigenvalue weighted by Gasteiger charge is 2.21. The SMILES string of the molecule is Cc1ccc(S(=O)(=O)Nc2ccccc2Oc2cc(C#N)c(C#N)cc2Oc2ccccc2NS(=O)(=O)c2ccc(C)cc2)cc1. The van der Waals surface area contributed by atoms with E-state index in [0.717, 1.165) is 11.1 Å². The van der Waals surface area contributed by atoms with Crippen molar-refractivity contribution in [3.8, 4) is 35.1 Å². The van der Waals surface area contributed by atoms with Gasteiger partial charge >= 0.3 is 0 Å². The number of aryl methyl sites for hydroxylation is 2. The number of hydrogen-bond acceptors (Lipinski definition) is 8. The van der Waals surface area contributed by atoms with Gasteiger partial charge in [0.2, 0.25) is 0 Å². The summed E-state index contributed by atoms with van der Waals surface area (Å²) in [6.45, 7) is 3.69. The van der Waals surface area contributed by atoms with E-state index >= 15 is 0 Å². The summed E-state index contributed by atoms with van der Waals surface area (Å²) in [7, 11) is -7.99. The Morgan fingerprint density at radius 2 is 0.870 bits per heavy atom. The number of nitrogens with one attached hydrogen (secondary N) is 2. The van der Waals surface area contributed by atoms with E-state index in [0.29, 0.717) is 0 Å². The predicted octanol–water partition coefficient (Wildman–Crippen LogP) is 7.23. The highest BCUT2D eigenvalue weighted by Crippen LogP contribution is 2.41. The summed E-state index contributed by atoms with van der Waals surface area (Å²) in [4.78, 5) is 0.0959. The fraction of sp³-hybridized carbons (Fsp3) is 0.0588. The van der Waals surface area contributed by atoms with Crippen molar-refractivity contribution in [2.75, 3.05) is 9.44 Å². The molecule has 0 fully saturated rings. The van der Waals surface area contributed by atoms with Gasteiger partial charge in [-0.25, -0.2) is 16.8 Å². The summed E-state index contributed by atoms with van der Waals surface area (Å²) < 4.78 is 69.9. The fourth-order valence-electron chi connectivity index (χ4n) is 4.26. The molecule has 5 rings (SSSR count). The molecule has 5 aromatic carbocycles. The average molecular weight is 651 g/mol. The summed E-state index contributed by atoms with van der Waals surface area (Å²) in [5.41, 5.74) is 1.96. The maximum absolute atomic E-state index is 13.2. The molecule has 0 atom stereocenters. The van der Waals surface area contributed by atoms with Crippen molar-refractivity contribution in [1.29, 1.82) is 10.5 Å². The van der Waals surface area contributed by atoms with Crippen LogP contribution in [-0.2, 0) is 20.0 Å². The smallest absolute Gasteiger partial charge is 0.262 e. The van der Waals surface area contributed by atoms with Crippen molar-refractivity contribution >= 4 is 31.4 Å². The van der Waals surface area contributed by atoms with Gasteiger partial charge in [0.25, 0.3) is 20.0 Å². The molecule has 2 N–H and O–H groups in total. The third-order valence-corrected chi connectivity index (χ3v) is 9.45. The van der Waals surface area contributed by atoms with Crippen LogP contribution < -0.4 is 18.9 Å². The van der Waals surface area contributed by atoms with Gasteiger partial charge < -0.3 is 9.47 Å². The zero-order chi connectivity index (χ0) is 32.9. The van der Waals surface area contributed by atoms with Gasteiger partial charge in [0, 0.05) is 12.1 Å². The van der Waals surface area contributed by atoms with Crippen molar-refractivity contribution in [3.05, 3.63) is 131 Å². The lowest BCUT2D eigenvalue weighted by Gasteiger charge is -2.18. The van der Waals surface area contributed by atoms with Gasteiger partial charge in [-0.3, -0.25) is 9.44 Å². The minimum atomic E-state index is -4.00. The highest BCUT2D eigenvalue weighted by molar-refractivity contribution is 7.93. The zero-order valence-corrected chi connectivity index (χ0v) is 26.2. The van der Waals surface area contributed by atoms with Crippen LogP contribution in [0.1, 0.15) is 22.3 Å². The molecule has 0 bridgehead atoms. The monoisotopic (exact) mass is 650 g/mol. The minimum absolute atomic E-state index is 0.0177. The Balaban J connectivity index is 1.51. The summed E-state index contributed by atoms with van der Waals surface area (Å²) in [6, 6.07) is 31.7. The van der Waals surface area contributed by atoms with Gasteiger partial charge in [-0.2, -0.15) is 10.5 Å². The molecular weight excluding hydrogens is 625 g/mol. The van der Waals surface area contributed by atoms with Crippen molar-refractivity contribution in [2.24, 2.45) is 0 Å². The van der Waals surface area contributed by atoms with Crippen LogP contribution in [0, 0.1) is 36.5 Å². The Morgan fingerprint density at radius 1 is 0.522 bits per heavy atom. The molecule has 5 aromatic rings. The highest BCUT2D eigenvalue weighted by atomic mass is 32.2. The number of benzene rings is 5. The minimum Gasteiger partial charge on any atom is -0.451 e. The molecule has 0 saturated carbocycles. The largest absolute Gasteiger partial charge is 0.451 e. The van der Waals surface area contributed by atoms with E-state index in [1.165, 1.54) is 60.7 Å². The van der Waals surface area contributed by atoms with Crippen molar-refractivity contribution in [2.45, 2.75) is 23.6 Å². The van der Waals surface area contributed by atoms with E-state index in [9.17, 15) is 27.4 Å². The second-order valence-corrected chi connectivity index (χ2v) is 13.5. The Kier molecular flexibility index (Phi) is 8.96. The van der Waals surface area contributed by atoms with Crippen LogP contribution in [0.5, 0.6) is 23.0 Å². The molecule has 0 unspecified atom stereocenters. The first-order valence-electron chi connectivity index (χ1n) is 13.7. The van der Waals surface area contributed by atoms with E-state index < -0.39 is 20.0 Å². The quantitative estimate of drug-likeness (QED) is 0.160. The lowest BCUT2D eigenvalue weighted by molar-refractivity contribution is 0.420. The molecule has 0 aliphatic rings. The lowest BCUT2D eigenvalue weighted by Crippen LogP contribution is -2.13. The van der Waals surface area contributed by atoms with Crippen LogP contribution in [0.2, 0.25) is 0 Å². The molecule has 0 aliphatic heterocycles. The first kappa shape index (κ1) is 31.6. The third-order valence-electron chi connectivity index (χ3n) is 6.69. The molecule has 10 nitrogen and oxygen atoms in total. The maximum Gasteiger partial charge on any atom is 0.262 e. The molecule has 0 aliphatic carbocycles. The summed E-state index contributed by atoms with van der Waals surface area (Å²) >= 11 is 0. The Hall–Kier alpha value is -5.82. The van der Waals surface area contributed by atoms with Crippen LogP contribution in [0.25, 0.3) is 0 Å². The number of nitrogens with zero attached hydrogens (tertiary/aromatic N) is 2. The molecule has 0 aromatic heterocycles. The molecule has 0 saturated heterocycles. The molecule has 46 heavy (non-hydrogen) atoms. The maximum atomic E-state index is 13.2. The topological polar surface area (TPSA) is 158 Å². The molecule has 230 valence electrons. The summed E-state index contributed by atoms with van der Waals surface area (Å²) in [5, 5.41) is 19.4. The van der Waals surface area contributed by atoms with Crippen LogP contribution in [0.4, 0.5) is 11.4 Å². The van der Waals surface area contributed by atoms with Crippen LogP contribution in [0.3, 0.4) is 0 Å². The van der Waals surface area contributed by atoms with Crippen molar-refractivity contribution in [3.63, 3.8) is 0 Å². The Bertz CT molecular complexity index is 2060. The van der Waals surface area contributed by atoms with E-state index in [2.05, 4.69) is 9.44 Å². The van der Waals surface area contributed by atoms with Gasteiger partial charge in [0.15, 0.2) is 23.0 Å². The van der Waals surface area contributed by atoms with Gasteiger partial charge in [0.05, 0.1) is 32.3 Å². The predicted molar refractivity (Wildman–Crippen MR) is 173 cm³/mol. The van der Waals surface area contributed by atoms with E-state index in [1.54, 1.807) is 48.5 Å². The number of anilines is 2. The number of hydrogen-bond donors (Lipinski definition) is 2. The van der Waals surface area contributed by atoms with Gasteiger partial charge in [-0.1, -0.05) is 59.7 Å². The van der Waals surface area contributed by atoms with E-state index in [4.69, 9.17) is 9.47 Å². The number of ether oxygens (including phenoxy) is 2. The first-order chi connectivity index (χ1) is 22.0. The first-order valence-corrected chi connectivity index (χ1v) is 16.7. The van der Waals surface area contributed by atoms with Gasteiger partial charge in [0.1, 0.15) is 12.1 Å². The Labute approximate surface area is 267 Å². The summed E-state index contributed by atoms with van der Waals surface area (Å²) in [6.07, 6.45) is 0. The molecule has 0 heterocycles. The third kappa shape index (κ3) is 7.11. The van der Waals surface area contributed by atoms with E-state index in [-0.39, 0.29) is 55.3 Å². The number of nitriles is 2. The Morgan fingerprint density at radius 3 is 1.22 bits per heavy atom. The van der Waals surface area contributed by atoms with Crippen molar-refractivity contribution < 1.29 is 26.3 Å².